The Balaban J connectivity index is 0.00000102. The molecule has 5 rings (SSSR count). The first-order valence-electron chi connectivity index (χ1n) is 13.2. The summed E-state index contributed by atoms with van der Waals surface area (Å²) in [4.78, 5) is 35.3. The number of nitrogens with one attached hydrogen (secondary N) is 3. The van der Waals surface area contributed by atoms with Crippen LogP contribution in [0.2, 0.25) is 0 Å². The van der Waals surface area contributed by atoms with Crippen LogP contribution in [0, 0.1) is 11.8 Å². The Labute approximate surface area is 218 Å². The molecule has 198 valence electrons. The number of piperidine rings is 1. The van der Waals surface area contributed by atoms with Crippen LogP contribution in [-0.2, 0) is 9.59 Å². The Morgan fingerprint density at radius 1 is 1.05 bits per heavy atom. The minimum Gasteiger partial charge on any atom is -0.483 e. The van der Waals surface area contributed by atoms with Gasteiger partial charge in [0.15, 0.2) is 0 Å². The van der Waals surface area contributed by atoms with Crippen LogP contribution in [0.15, 0.2) is 42.5 Å². The molecule has 1 saturated heterocycles. The third-order valence-corrected chi connectivity index (χ3v) is 7.96. The molecule has 2 aromatic carbocycles. The predicted molar refractivity (Wildman–Crippen MR) is 145 cm³/mol. The number of amides is 2. The molecule has 0 aromatic heterocycles. The molecule has 8 nitrogen and oxygen atoms in total. The van der Waals surface area contributed by atoms with Crippen molar-refractivity contribution in [2.75, 3.05) is 30.4 Å². The number of hydrogen-bond acceptors (Lipinski definition) is 5. The number of carbonyl (C=O) groups is 3. The van der Waals surface area contributed by atoms with Crippen molar-refractivity contribution in [3.63, 3.8) is 0 Å². The highest BCUT2D eigenvalue weighted by Crippen LogP contribution is 2.50. The number of fused-ring (bicyclic) bond motifs is 1. The average Bonchev–Trinajstić information content (AvgIpc) is 3.75. The van der Waals surface area contributed by atoms with Gasteiger partial charge in [-0.15, -0.1) is 0 Å². The van der Waals surface area contributed by atoms with E-state index in [2.05, 4.69) is 46.0 Å². The Kier molecular flexibility index (Phi) is 8.48. The lowest BCUT2D eigenvalue weighted by Gasteiger charge is -2.46. The molecule has 0 unspecified atom stereocenters. The van der Waals surface area contributed by atoms with Crippen LogP contribution in [0.5, 0.6) is 0 Å². The van der Waals surface area contributed by atoms with Crippen molar-refractivity contribution in [1.29, 1.82) is 0 Å². The van der Waals surface area contributed by atoms with Gasteiger partial charge in [0, 0.05) is 42.9 Å². The van der Waals surface area contributed by atoms with Crippen molar-refractivity contribution in [1.82, 2.24) is 10.6 Å². The van der Waals surface area contributed by atoms with Crippen molar-refractivity contribution >= 4 is 29.7 Å². The van der Waals surface area contributed by atoms with E-state index >= 15 is 0 Å². The molecule has 37 heavy (non-hydrogen) atoms. The highest BCUT2D eigenvalue weighted by molar-refractivity contribution is 5.95. The topological polar surface area (TPSA) is 111 Å². The minimum absolute atomic E-state index is 0.0829. The summed E-state index contributed by atoms with van der Waals surface area (Å²) in [5.74, 6) is 1.44. The molecule has 1 saturated carbocycles. The van der Waals surface area contributed by atoms with Gasteiger partial charge in [0.05, 0.1) is 6.04 Å². The third-order valence-electron chi connectivity index (χ3n) is 7.96. The number of nitrogens with zero attached hydrogens (tertiary/aromatic N) is 1. The summed E-state index contributed by atoms with van der Waals surface area (Å²) in [5, 5.41) is 16.8. The molecule has 2 fully saturated rings. The third kappa shape index (κ3) is 5.80. The lowest BCUT2D eigenvalue weighted by Crippen LogP contribution is -2.51. The summed E-state index contributed by atoms with van der Waals surface area (Å²) in [6, 6.07) is 14.8. The van der Waals surface area contributed by atoms with Gasteiger partial charge in [-0.05, 0) is 92.1 Å². The van der Waals surface area contributed by atoms with Crippen LogP contribution in [0.1, 0.15) is 73.0 Å². The summed E-state index contributed by atoms with van der Waals surface area (Å²) in [7, 11) is 1.65. The van der Waals surface area contributed by atoms with Gasteiger partial charge in [-0.1, -0.05) is 19.1 Å². The number of rotatable bonds is 5. The molecule has 1 aliphatic carbocycles. The van der Waals surface area contributed by atoms with Crippen LogP contribution >= 0.6 is 0 Å². The number of carboxylic acid groups (broad SMARTS) is 1. The van der Waals surface area contributed by atoms with Gasteiger partial charge < -0.3 is 26.0 Å². The SMILES string of the molecule is CNC(=O)c1ccc(N[C@H]2c3cc(C4CCNCC4)ccc3N(C(C)=O)[C@@H](C3CC3)[C@@H]2C)cc1.O=CO. The van der Waals surface area contributed by atoms with E-state index in [1.807, 2.05) is 24.3 Å². The van der Waals surface area contributed by atoms with E-state index in [4.69, 9.17) is 9.90 Å². The van der Waals surface area contributed by atoms with Gasteiger partial charge in [0.2, 0.25) is 5.91 Å². The molecule has 3 aliphatic rings. The van der Waals surface area contributed by atoms with Crippen LogP contribution in [-0.4, -0.2) is 49.6 Å². The number of hydrogen-bond donors (Lipinski definition) is 4. The van der Waals surface area contributed by atoms with E-state index < -0.39 is 0 Å². The lowest BCUT2D eigenvalue weighted by molar-refractivity contribution is -0.123. The van der Waals surface area contributed by atoms with Gasteiger partial charge in [-0.2, -0.15) is 0 Å². The Morgan fingerprint density at radius 2 is 1.70 bits per heavy atom. The summed E-state index contributed by atoms with van der Waals surface area (Å²) < 4.78 is 0. The zero-order valence-corrected chi connectivity index (χ0v) is 21.9. The van der Waals surface area contributed by atoms with Crippen molar-refractivity contribution in [3.05, 3.63) is 59.2 Å². The summed E-state index contributed by atoms with van der Waals surface area (Å²) in [5.41, 5.74) is 5.29. The monoisotopic (exact) mass is 506 g/mol. The number of carbonyl (C=O) groups excluding carboxylic acids is 2. The zero-order chi connectivity index (χ0) is 26.5. The molecule has 0 bridgehead atoms. The lowest BCUT2D eigenvalue weighted by atomic mass is 9.78. The molecule has 2 aliphatic heterocycles. The highest BCUT2D eigenvalue weighted by atomic mass is 16.3. The minimum atomic E-state index is -0.250. The van der Waals surface area contributed by atoms with Gasteiger partial charge in [0.1, 0.15) is 0 Å². The van der Waals surface area contributed by atoms with Gasteiger partial charge in [-0.25, -0.2) is 0 Å². The molecule has 2 heterocycles. The fourth-order valence-electron chi connectivity index (χ4n) is 6.04. The van der Waals surface area contributed by atoms with E-state index in [-0.39, 0.29) is 36.3 Å². The van der Waals surface area contributed by atoms with E-state index in [0.29, 0.717) is 17.4 Å². The standard InChI is InChI=1S/C28H36N4O2.CH2O2/c1-17-26(31-23-9-6-21(7-10-23)28(34)29-3)24-16-22(19-12-14-30-15-13-19)8-11-25(24)32(18(2)33)27(17)20-4-5-20;2-1-3/h6-11,16-17,19-20,26-27,30-31H,4-5,12-15H2,1-3H3,(H,29,34);1H,(H,2,3)/t17-,26-,27-;/m1./s1. The second-order valence-corrected chi connectivity index (χ2v) is 10.3. The molecule has 8 heteroatoms. The number of benzene rings is 2. The van der Waals surface area contributed by atoms with Crippen LogP contribution in [0.4, 0.5) is 11.4 Å². The first kappa shape index (κ1) is 26.7. The summed E-state index contributed by atoms with van der Waals surface area (Å²) in [6.07, 6.45) is 4.67. The number of anilines is 2. The van der Waals surface area contributed by atoms with Crippen molar-refractivity contribution < 1.29 is 19.5 Å². The molecular formula is C29H38N4O4. The molecule has 0 radical (unpaired) electrons. The van der Waals surface area contributed by atoms with Crippen molar-refractivity contribution in [2.45, 2.75) is 57.5 Å². The predicted octanol–water partition coefficient (Wildman–Crippen LogP) is 4.15. The van der Waals surface area contributed by atoms with Gasteiger partial charge >= 0.3 is 0 Å². The Hall–Kier alpha value is -3.39. The van der Waals surface area contributed by atoms with Gasteiger partial charge in [-0.3, -0.25) is 14.4 Å². The van der Waals surface area contributed by atoms with E-state index in [9.17, 15) is 9.59 Å². The smallest absolute Gasteiger partial charge is 0.290 e. The largest absolute Gasteiger partial charge is 0.483 e. The van der Waals surface area contributed by atoms with Crippen LogP contribution < -0.4 is 20.9 Å². The Bertz CT molecular complexity index is 1110. The fourth-order valence-corrected chi connectivity index (χ4v) is 6.04. The second kappa shape index (κ2) is 11.8. The fraction of sp³-hybridized carbons (Fsp3) is 0.483. The highest BCUT2D eigenvalue weighted by Gasteiger charge is 2.47. The average molecular weight is 507 g/mol. The normalized spacial score (nSPS) is 23.2. The molecule has 2 amide bonds. The first-order valence-corrected chi connectivity index (χ1v) is 13.2. The van der Waals surface area contributed by atoms with Crippen molar-refractivity contribution in [2.24, 2.45) is 11.8 Å². The molecule has 4 N–H and O–H groups in total. The molecule has 0 spiro atoms. The first-order chi connectivity index (χ1) is 17.9. The van der Waals surface area contributed by atoms with E-state index in [1.165, 1.54) is 24.0 Å². The van der Waals surface area contributed by atoms with Crippen LogP contribution in [0.3, 0.4) is 0 Å². The van der Waals surface area contributed by atoms with Crippen molar-refractivity contribution in [3.8, 4) is 0 Å². The maximum absolute atomic E-state index is 12.9. The molecular weight excluding hydrogens is 468 g/mol. The summed E-state index contributed by atoms with van der Waals surface area (Å²) >= 11 is 0. The molecule has 2 aromatic rings. The van der Waals surface area contributed by atoms with E-state index in [1.54, 1.807) is 14.0 Å². The maximum atomic E-state index is 12.9. The van der Waals surface area contributed by atoms with Crippen LogP contribution in [0.25, 0.3) is 0 Å². The quantitative estimate of drug-likeness (QED) is 0.454. The van der Waals surface area contributed by atoms with Gasteiger partial charge in [0.25, 0.3) is 12.4 Å². The summed E-state index contributed by atoms with van der Waals surface area (Å²) in [6.45, 7) is 5.86. The second-order valence-electron chi connectivity index (χ2n) is 10.3. The molecule has 3 atom stereocenters. The maximum Gasteiger partial charge on any atom is 0.290 e. The van der Waals surface area contributed by atoms with E-state index in [0.717, 1.165) is 37.3 Å². The Morgan fingerprint density at radius 3 is 2.27 bits per heavy atom. The zero-order valence-electron chi connectivity index (χ0n) is 21.9.